The molecular weight excluding hydrogens is 244 g/mol. The van der Waals surface area contributed by atoms with Crippen LogP contribution < -0.4 is 4.74 Å². The van der Waals surface area contributed by atoms with Crippen LogP contribution >= 0.6 is 0 Å². The van der Waals surface area contributed by atoms with Gasteiger partial charge in [-0.3, -0.25) is 9.69 Å². The standard InChI is InChI=1S/C14H16N2O3/c1-19-13-5-2-10(7-15)6-11(13)8-16(9-14(17)18)12-3-4-12/h2,5-6,12H,3-4,8-9H2,1H3,(H,17,18). The molecule has 1 N–H and O–H groups in total. The molecule has 0 heterocycles. The first-order chi connectivity index (χ1) is 9.13. The van der Waals surface area contributed by atoms with Gasteiger partial charge in [-0.05, 0) is 31.0 Å². The average molecular weight is 260 g/mol. The highest BCUT2D eigenvalue weighted by Gasteiger charge is 2.30. The summed E-state index contributed by atoms with van der Waals surface area (Å²) in [6.45, 7) is 0.514. The summed E-state index contributed by atoms with van der Waals surface area (Å²) in [4.78, 5) is 12.8. The van der Waals surface area contributed by atoms with Crippen LogP contribution in [0.1, 0.15) is 24.0 Å². The highest BCUT2D eigenvalue weighted by molar-refractivity contribution is 5.69. The van der Waals surface area contributed by atoms with E-state index in [0.717, 1.165) is 18.4 Å². The monoisotopic (exact) mass is 260 g/mol. The predicted molar refractivity (Wildman–Crippen MR) is 68.8 cm³/mol. The molecule has 1 fully saturated rings. The van der Waals surface area contributed by atoms with E-state index >= 15 is 0 Å². The summed E-state index contributed by atoms with van der Waals surface area (Å²) in [5.74, 6) is -0.141. The molecule has 100 valence electrons. The van der Waals surface area contributed by atoms with Crippen LogP contribution in [-0.4, -0.2) is 35.7 Å². The molecule has 1 aromatic carbocycles. The van der Waals surface area contributed by atoms with E-state index in [1.54, 1.807) is 25.3 Å². The number of methoxy groups -OCH3 is 1. The number of hydrogen-bond acceptors (Lipinski definition) is 4. The average Bonchev–Trinajstić information content (AvgIpc) is 3.21. The van der Waals surface area contributed by atoms with Crippen molar-refractivity contribution in [2.75, 3.05) is 13.7 Å². The Hall–Kier alpha value is -2.06. The molecule has 0 unspecified atom stereocenters. The Labute approximate surface area is 112 Å². The van der Waals surface area contributed by atoms with E-state index in [4.69, 9.17) is 15.1 Å². The number of rotatable bonds is 6. The molecule has 19 heavy (non-hydrogen) atoms. The van der Waals surface area contributed by atoms with E-state index in [-0.39, 0.29) is 6.54 Å². The van der Waals surface area contributed by atoms with Crippen molar-refractivity contribution >= 4 is 5.97 Å². The normalized spacial score (nSPS) is 14.2. The van der Waals surface area contributed by atoms with Crippen LogP contribution in [-0.2, 0) is 11.3 Å². The zero-order chi connectivity index (χ0) is 13.8. The van der Waals surface area contributed by atoms with Gasteiger partial charge in [0.05, 0.1) is 25.3 Å². The largest absolute Gasteiger partial charge is 0.496 e. The maximum atomic E-state index is 10.9. The van der Waals surface area contributed by atoms with Gasteiger partial charge in [0, 0.05) is 18.2 Å². The molecular formula is C14H16N2O3. The van der Waals surface area contributed by atoms with Crippen molar-refractivity contribution in [2.24, 2.45) is 0 Å². The van der Waals surface area contributed by atoms with Gasteiger partial charge in [-0.1, -0.05) is 0 Å². The van der Waals surface area contributed by atoms with Gasteiger partial charge in [0.25, 0.3) is 0 Å². The lowest BCUT2D eigenvalue weighted by Crippen LogP contribution is -2.31. The van der Waals surface area contributed by atoms with E-state index < -0.39 is 5.97 Å². The van der Waals surface area contributed by atoms with Gasteiger partial charge in [-0.2, -0.15) is 5.26 Å². The zero-order valence-corrected chi connectivity index (χ0v) is 10.8. The summed E-state index contributed by atoms with van der Waals surface area (Å²) in [5.41, 5.74) is 1.41. The SMILES string of the molecule is COc1ccc(C#N)cc1CN(CC(=O)O)C1CC1. The minimum absolute atomic E-state index is 0.0185. The smallest absolute Gasteiger partial charge is 0.317 e. The molecule has 0 aromatic heterocycles. The number of nitrogens with zero attached hydrogens (tertiary/aromatic N) is 2. The summed E-state index contributed by atoms with van der Waals surface area (Å²) in [6.07, 6.45) is 2.07. The van der Waals surface area contributed by atoms with Gasteiger partial charge in [-0.25, -0.2) is 0 Å². The molecule has 2 rings (SSSR count). The van der Waals surface area contributed by atoms with Crippen LogP contribution in [0, 0.1) is 11.3 Å². The lowest BCUT2D eigenvalue weighted by Gasteiger charge is -2.21. The summed E-state index contributed by atoms with van der Waals surface area (Å²) in [5, 5.41) is 17.9. The van der Waals surface area contributed by atoms with Gasteiger partial charge >= 0.3 is 5.97 Å². The number of hydrogen-bond donors (Lipinski definition) is 1. The molecule has 0 saturated heterocycles. The zero-order valence-electron chi connectivity index (χ0n) is 10.8. The third-order valence-corrected chi connectivity index (χ3v) is 3.18. The summed E-state index contributed by atoms with van der Waals surface area (Å²) in [6, 6.07) is 7.63. The molecule has 0 spiro atoms. The molecule has 0 aliphatic heterocycles. The molecule has 1 aliphatic carbocycles. The van der Waals surface area contributed by atoms with Gasteiger partial charge in [0.2, 0.25) is 0 Å². The van der Waals surface area contributed by atoms with Crippen LogP contribution in [0.2, 0.25) is 0 Å². The van der Waals surface area contributed by atoms with E-state index in [2.05, 4.69) is 6.07 Å². The topological polar surface area (TPSA) is 73.6 Å². The highest BCUT2D eigenvalue weighted by Crippen LogP contribution is 2.30. The van der Waals surface area contributed by atoms with Crippen molar-refractivity contribution in [1.82, 2.24) is 4.90 Å². The Bertz CT molecular complexity index is 518. The minimum Gasteiger partial charge on any atom is -0.496 e. The molecule has 1 saturated carbocycles. The fraction of sp³-hybridized carbons (Fsp3) is 0.429. The van der Waals surface area contributed by atoms with Gasteiger partial charge in [0.15, 0.2) is 0 Å². The number of aliphatic carboxylic acids is 1. The molecule has 5 nitrogen and oxygen atoms in total. The highest BCUT2D eigenvalue weighted by atomic mass is 16.5. The summed E-state index contributed by atoms with van der Waals surface area (Å²) < 4.78 is 5.27. The first-order valence-corrected chi connectivity index (χ1v) is 6.17. The second kappa shape index (κ2) is 5.72. The van der Waals surface area contributed by atoms with Crippen LogP contribution in [0.5, 0.6) is 5.75 Å². The fourth-order valence-electron chi connectivity index (χ4n) is 2.12. The molecule has 0 bridgehead atoms. The van der Waals surface area contributed by atoms with Crippen molar-refractivity contribution < 1.29 is 14.6 Å². The minimum atomic E-state index is -0.831. The molecule has 0 amide bonds. The van der Waals surface area contributed by atoms with Crippen molar-refractivity contribution in [1.29, 1.82) is 5.26 Å². The van der Waals surface area contributed by atoms with E-state index in [9.17, 15) is 4.79 Å². The van der Waals surface area contributed by atoms with Gasteiger partial charge in [-0.15, -0.1) is 0 Å². The van der Waals surface area contributed by atoms with Crippen LogP contribution in [0.15, 0.2) is 18.2 Å². The number of carboxylic acid groups (broad SMARTS) is 1. The second-order valence-corrected chi connectivity index (χ2v) is 4.67. The first-order valence-electron chi connectivity index (χ1n) is 6.17. The Morgan fingerprint density at radius 2 is 2.32 bits per heavy atom. The second-order valence-electron chi connectivity index (χ2n) is 4.67. The van der Waals surface area contributed by atoms with Crippen molar-refractivity contribution in [3.8, 4) is 11.8 Å². The quantitative estimate of drug-likeness (QED) is 0.841. The van der Waals surface area contributed by atoms with Crippen molar-refractivity contribution in [3.63, 3.8) is 0 Å². The fourth-order valence-corrected chi connectivity index (χ4v) is 2.12. The van der Waals surface area contributed by atoms with Crippen LogP contribution in [0.3, 0.4) is 0 Å². The number of carbonyl (C=O) groups is 1. The van der Waals surface area contributed by atoms with E-state index in [1.807, 2.05) is 4.90 Å². The number of carboxylic acids is 1. The van der Waals surface area contributed by atoms with Crippen LogP contribution in [0.25, 0.3) is 0 Å². The van der Waals surface area contributed by atoms with Crippen molar-refractivity contribution in [3.05, 3.63) is 29.3 Å². The Balaban J connectivity index is 2.19. The lowest BCUT2D eigenvalue weighted by atomic mass is 10.1. The van der Waals surface area contributed by atoms with Crippen LogP contribution in [0.4, 0.5) is 0 Å². The Morgan fingerprint density at radius 1 is 1.58 bits per heavy atom. The number of nitriles is 1. The maximum Gasteiger partial charge on any atom is 0.317 e. The summed E-state index contributed by atoms with van der Waals surface area (Å²) >= 11 is 0. The van der Waals surface area contributed by atoms with E-state index in [0.29, 0.717) is 23.9 Å². The third-order valence-electron chi connectivity index (χ3n) is 3.18. The Kier molecular flexibility index (Phi) is 4.03. The number of benzene rings is 1. The van der Waals surface area contributed by atoms with Crippen molar-refractivity contribution in [2.45, 2.75) is 25.4 Å². The molecule has 1 aromatic rings. The first kappa shape index (κ1) is 13.4. The number of ether oxygens (including phenoxy) is 1. The molecule has 1 aliphatic rings. The maximum absolute atomic E-state index is 10.9. The van der Waals surface area contributed by atoms with E-state index in [1.165, 1.54) is 0 Å². The predicted octanol–water partition coefficient (Wildman–Crippen LogP) is 1.62. The third kappa shape index (κ3) is 3.46. The van der Waals surface area contributed by atoms with Gasteiger partial charge in [0.1, 0.15) is 5.75 Å². The molecule has 5 heteroatoms. The Morgan fingerprint density at radius 3 is 2.84 bits per heavy atom. The summed E-state index contributed by atoms with van der Waals surface area (Å²) in [7, 11) is 1.57. The van der Waals surface area contributed by atoms with Gasteiger partial charge < -0.3 is 9.84 Å². The molecule has 0 radical (unpaired) electrons. The lowest BCUT2D eigenvalue weighted by molar-refractivity contribution is -0.138. The molecule has 0 atom stereocenters.